The monoisotopic (exact) mass is 261 g/mol. The van der Waals surface area contributed by atoms with Gasteiger partial charge < -0.3 is 24.8 Å². The molecule has 0 aromatic rings. The summed E-state index contributed by atoms with van der Waals surface area (Å²) in [5.74, 6) is 0. The van der Waals surface area contributed by atoms with Crippen molar-refractivity contribution in [2.45, 2.75) is 57.1 Å². The van der Waals surface area contributed by atoms with Crippen molar-refractivity contribution < 1.29 is 24.8 Å². The molecule has 0 aromatic heterocycles. The van der Waals surface area contributed by atoms with Crippen molar-refractivity contribution in [3.63, 3.8) is 0 Å². The maximum absolute atomic E-state index is 9.75. The molecule has 18 heavy (non-hydrogen) atoms. The zero-order chi connectivity index (χ0) is 13.9. The minimum absolute atomic E-state index is 0.147. The molecular weight excluding hydrogens is 242 g/mol. The van der Waals surface area contributed by atoms with Crippen LogP contribution in [-0.4, -0.2) is 58.2 Å². The molecule has 104 valence electrons. The van der Waals surface area contributed by atoms with E-state index in [2.05, 4.69) is 10.0 Å². The molecule has 8 heteroatoms. The molecule has 1 rings (SSSR count). The number of ether oxygens (including phenoxy) is 2. The highest BCUT2D eigenvalue weighted by Gasteiger charge is 2.45. The van der Waals surface area contributed by atoms with Crippen LogP contribution in [0.4, 0.5) is 0 Å². The molecule has 0 spiro atoms. The second-order valence-corrected chi connectivity index (χ2v) is 5.16. The van der Waals surface area contributed by atoms with Gasteiger partial charge >= 0.3 is 0 Å². The van der Waals surface area contributed by atoms with Crippen LogP contribution in [0.5, 0.6) is 0 Å². The first-order chi connectivity index (χ1) is 8.26. The number of rotatable bonds is 3. The number of azide groups is 1. The average Bonchev–Trinajstić information content (AvgIpc) is 2.27. The van der Waals surface area contributed by atoms with Gasteiger partial charge in [0.05, 0.1) is 18.2 Å². The molecule has 1 heterocycles. The summed E-state index contributed by atoms with van der Waals surface area (Å²) in [4.78, 5) is 2.56. The van der Waals surface area contributed by atoms with Crippen LogP contribution in [0.2, 0.25) is 0 Å². The van der Waals surface area contributed by atoms with E-state index in [0.717, 1.165) is 0 Å². The van der Waals surface area contributed by atoms with Crippen LogP contribution in [0.25, 0.3) is 10.4 Å². The molecule has 3 N–H and O–H groups in total. The van der Waals surface area contributed by atoms with Gasteiger partial charge in [-0.05, 0) is 26.3 Å². The van der Waals surface area contributed by atoms with Gasteiger partial charge in [-0.25, -0.2) is 0 Å². The molecule has 1 aliphatic rings. The minimum Gasteiger partial charge on any atom is -0.388 e. The first kappa shape index (κ1) is 15.2. The van der Waals surface area contributed by atoms with Crippen LogP contribution >= 0.6 is 0 Å². The average molecular weight is 261 g/mol. The Morgan fingerprint density at radius 3 is 2.33 bits per heavy atom. The van der Waals surface area contributed by atoms with Crippen LogP contribution < -0.4 is 0 Å². The number of aliphatic hydroxyl groups excluding tert-OH is 3. The molecular formula is C10H19N3O5. The van der Waals surface area contributed by atoms with Crippen molar-refractivity contribution in [1.29, 1.82) is 0 Å². The van der Waals surface area contributed by atoms with Crippen LogP contribution in [0.15, 0.2) is 5.11 Å². The standard InChI is InChI=1S/C10H19N3O5/c1-10(2,3)18-9-8(16)7(15)6(14)5(17-9)4-12-13-11/h5-9,14-16H,4H2,1-3H3/t5?,6-,7+,8?,9-/m1/s1. The quantitative estimate of drug-likeness (QED) is 0.372. The summed E-state index contributed by atoms with van der Waals surface area (Å²) in [6, 6.07) is 0. The minimum atomic E-state index is -1.41. The second-order valence-electron chi connectivity index (χ2n) is 5.16. The Kier molecular flexibility index (Phi) is 4.92. The normalized spacial score (nSPS) is 37.1. The highest BCUT2D eigenvalue weighted by molar-refractivity contribution is 4.90. The summed E-state index contributed by atoms with van der Waals surface area (Å²) in [5.41, 5.74) is 7.64. The Bertz CT molecular complexity index is 326. The van der Waals surface area contributed by atoms with E-state index in [4.69, 9.17) is 15.0 Å². The van der Waals surface area contributed by atoms with E-state index < -0.39 is 36.3 Å². The first-order valence-corrected chi connectivity index (χ1v) is 5.64. The predicted molar refractivity (Wildman–Crippen MR) is 61.5 cm³/mol. The van der Waals surface area contributed by atoms with Crippen LogP contribution in [-0.2, 0) is 9.47 Å². The predicted octanol–water partition coefficient (Wildman–Crippen LogP) is -0.0806. The van der Waals surface area contributed by atoms with Gasteiger partial charge in [-0.2, -0.15) is 0 Å². The molecule has 0 aliphatic carbocycles. The van der Waals surface area contributed by atoms with Crippen molar-refractivity contribution >= 4 is 0 Å². The van der Waals surface area contributed by atoms with E-state index in [-0.39, 0.29) is 6.54 Å². The highest BCUT2D eigenvalue weighted by atomic mass is 16.7. The third-order valence-electron chi connectivity index (χ3n) is 2.46. The maximum atomic E-state index is 9.75. The lowest BCUT2D eigenvalue weighted by atomic mass is 9.98. The largest absolute Gasteiger partial charge is 0.388 e. The molecule has 8 nitrogen and oxygen atoms in total. The van der Waals surface area contributed by atoms with Crippen molar-refractivity contribution in [2.24, 2.45) is 5.11 Å². The lowest BCUT2D eigenvalue weighted by Crippen LogP contribution is -2.60. The summed E-state index contributed by atoms with van der Waals surface area (Å²) in [6.07, 6.45) is -6.09. The van der Waals surface area contributed by atoms with Gasteiger partial charge in [-0.15, -0.1) is 0 Å². The summed E-state index contributed by atoms with van der Waals surface area (Å²) >= 11 is 0. The van der Waals surface area contributed by atoms with Crippen LogP contribution in [0.1, 0.15) is 20.8 Å². The fourth-order valence-electron chi connectivity index (χ4n) is 1.63. The molecule has 0 radical (unpaired) electrons. The van der Waals surface area contributed by atoms with Crippen molar-refractivity contribution in [1.82, 2.24) is 0 Å². The molecule has 0 bridgehead atoms. The number of hydrogen-bond donors (Lipinski definition) is 3. The van der Waals surface area contributed by atoms with E-state index in [1.54, 1.807) is 20.8 Å². The second kappa shape index (κ2) is 5.83. The van der Waals surface area contributed by atoms with E-state index >= 15 is 0 Å². The Hall–Kier alpha value is -0.890. The maximum Gasteiger partial charge on any atom is 0.187 e. The van der Waals surface area contributed by atoms with E-state index in [1.165, 1.54) is 0 Å². The highest BCUT2D eigenvalue weighted by Crippen LogP contribution is 2.25. The Morgan fingerprint density at radius 1 is 1.22 bits per heavy atom. The number of nitrogens with zero attached hydrogens (tertiary/aromatic N) is 3. The summed E-state index contributed by atoms with van der Waals surface area (Å²) in [6.45, 7) is 5.15. The van der Waals surface area contributed by atoms with E-state index in [1.807, 2.05) is 0 Å². The van der Waals surface area contributed by atoms with E-state index in [0.29, 0.717) is 0 Å². The Labute approximate surface area is 105 Å². The van der Waals surface area contributed by atoms with Gasteiger partial charge in [-0.1, -0.05) is 5.11 Å². The van der Waals surface area contributed by atoms with Crippen molar-refractivity contribution in [2.75, 3.05) is 6.54 Å². The fourth-order valence-corrected chi connectivity index (χ4v) is 1.63. The smallest absolute Gasteiger partial charge is 0.187 e. The van der Waals surface area contributed by atoms with Gasteiger partial charge in [0.2, 0.25) is 0 Å². The lowest BCUT2D eigenvalue weighted by molar-refractivity contribution is -0.315. The molecule has 0 aromatic carbocycles. The lowest BCUT2D eigenvalue weighted by Gasteiger charge is -2.42. The zero-order valence-electron chi connectivity index (χ0n) is 10.6. The van der Waals surface area contributed by atoms with Gasteiger partial charge in [-0.3, -0.25) is 0 Å². The SMILES string of the molecule is CC(C)(C)O[C@H]1OC(CN=[N+]=[N-])[C@@H](O)[C@H](O)C1O. The van der Waals surface area contributed by atoms with Gasteiger partial charge in [0.25, 0.3) is 0 Å². The third-order valence-corrected chi connectivity index (χ3v) is 2.46. The van der Waals surface area contributed by atoms with Crippen LogP contribution in [0, 0.1) is 0 Å². The molecule has 0 saturated carbocycles. The molecule has 5 atom stereocenters. The van der Waals surface area contributed by atoms with Crippen molar-refractivity contribution in [3.8, 4) is 0 Å². The molecule has 0 amide bonds. The fraction of sp³-hybridized carbons (Fsp3) is 1.00. The zero-order valence-corrected chi connectivity index (χ0v) is 10.6. The van der Waals surface area contributed by atoms with Gasteiger partial charge in [0.1, 0.15) is 18.3 Å². The topological polar surface area (TPSA) is 128 Å². The van der Waals surface area contributed by atoms with Gasteiger partial charge in [0, 0.05) is 4.91 Å². The molecule has 1 saturated heterocycles. The first-order valence-electron chi connectivity index (χ1n) is 5.64. The third kappa shape index (κ3) is 3.81. The Balaban J connectivity index is 2.76. The van der Waals surface area contributed by atoms with Crippen LogP contribution in [0.3, 0.4) is 0 Å². The summed E-state index contributed by atoms with van der Waals surface area (Å²) < 4.78 is 10.8. The summed E-state index contributed by atoms with van der Waals surface area (Å²) in [5, 5.41) is 32.4. The number of hydrogen-bond acceptors (Lipinski definition) is 6. The Morgan fingerprint density at radius 2 is 1.83 bits per heavy atom. The van der Waals surface area contributed by atoms with Gasteiger partial charge in [0.15, 0.2) is 6.29 Å². The molecule has 2 unspecified atom stereocenters. The summed E-state index contributed by atoms with van der Waals surface area (Å²) in [7, 11) is 0. The number of aliphatic hydroxyl groups is 3. The van der Waals surface area contributed by atoms with Crippen molar-refractivity contribution in [3.05, 3.63) is 10.4 Å². The van der Waals surface area contributed by atoms with E-state index in [9.17, 15) is 15.3 Å². The molecule has 1 fully saturated rings. The molecule has 1 aliphatic heterocycles.